The van der Waals surface area contributed by atoms with E-state index < -0.39 is 0 Å². The van der Waals surface area contributed by atoms with E-state index in [1.807, 2.05) is 0 Å². The summed E-state index contributed by atoms with van der Waals surface area (Å²) in [7, 11) is 0. The van der Waals surface area contributed by atoms with Crippen LogP contribution >= 0.6 is 0 Å². The Morgan fingerprint density at radius 2 is 0.627 bits per heavy atom. The van der Waals surface area contributed by atoms with Gasteiger partial charge in [-0.2, -0.15) is 0 Å². The van der Waals surface area contributed by atoms with Gasteiger partial charge in [0, 0.05) is 65.1 Å². The number of hydrogen-bond acceptors (Lipinski definition) is 1. The van der Waals surface area contributed by atoms with E-state index in [4.69, 9.17) is 4.42 Å². The molecule has 0 aliphatic carbocycles. The van der Waals surface area contributed by atoms with Crippen molar-refractivity contribution in [2.75, 3.05) is 0 Å². The third-order valence-corrected chi connectivity index (χ3v) is 22.7. The van der Waals surface area contributed by atoms with Gasteiger partial charge in [0.1, 0.15) is 5.58 Å². The van der Waals surface area contributed by atoms with E-state index in [0.717, 1.165) is 33.3 Å². The second-order valence-electron chi connectivity index (χ2n) is 36.0. The van der Waals surface area contributed by atoms with Crippen LogP contribution in [0.25, 0.3) is 170 Å². The second-order valence-corrected chi connectivity index (χ2v) is 36.0. The van der Waals surface area contributed by atoms with Gasteiger partial charge in [0.2, 0.25) is 5.71 Å². The van der Waals surface area contributed by atoms with Gasteiger partial charge in [-0.25, -0.2) is 0 Å². The van der Waals surface area contributed by atoms with Gasteiger partial charge in [0.25, 0.3) is 0 Å². The number of fused-ring (bicyclic) bond motifs is 17. The van der Waals surface area contributed by atoms with Crippen molar-refractivity contribution in [3.8, 4) is 61.3 Å². The van der Waals surface area contributed by atoms with Crippen LogP contribution in [0.3, 0.4) is 0 Å². The SMILES string of the molecule is CC(C)(C)c1cc(-c2cc(-c3ccc4c(c3)c3ccccc3n4-c3cccc(-c4ccccc4)c3)c3c(c2)c2cc(-c4cc(C(C)(C)C)cc(C(C)(C)C)c4)cc4c5cc6c(cc5n3c42)c2cc(-c3cc(C(C)(C)C)cc(C(C)(C)C)c3)cc3c4c5ccccc5oc4n6c23)cc(C(C)(C)C)c1. The summed E-state index contributed by atoms with van der Waals surface area (Å²) in [5.74, 6) is 0. The molecule has 0 amide bonds. The molecule has 0 saturated carbocycles. The first-order chi connectivity index (χ1) is 48.3. The fourth-order valence-corrected chi connectivity index (χ4v) is 16.7. The number of hydrogen-bond donors (Lipinski definition) is 0. The van der Waals surface area contributed by atoms with Crippen molar-refractivity contribution >= 4 is 109 Å². The van der Waals surface area contributed by atoms with Crippen molar-refractivity contribution in [2.45, 2.75) is 157 Å². The second kappa shape index (κ2) is 21.6. The molecule has 0 spiro atoms. The first-order valence-corrected chi connectivity index (χ1v) is 36.9. The summed E-state index contributed by atoms with van der Waals surface area (Å²) in [4.78, 5) is 0. The van der Waals surface area contributed by atoms with Gasteiger partial charge >= 0.3 is 0 Å². The molecule has 102 heavy (non-hydrogen) atoms. The van der Waals surface area contributed by atoms with Crippen LogP contribution in [0.1, 0.15) is 158 Å². The van der Waals surface area contributed by atoms with Crippen molar-refractivity contribution in [3.63, 3.8) is 0 Å². The van der Waals surface area contributed by atoms with Crippen LogP contribution in [0.15, 0.2) is 229 Å². The normalized spacial score (nSPS) is 13.4. The molecule has 0 radical (unpaired) electrons. The highest BCUT2D eigenvalue weighted by molar-refractivity contribution is 6.33. The Morgan fingerprint density at radius 1 is 0.235 bits per heavy atom. The number of furan rings is 1. The highest BCUT2D eigenvalue weighted by Crippen LogP contribution is 2.52. The third-order valence-electron chi connectivity index (χ3n) is 22.7. The van der Waals surface area contributed by atoms with E-state index >= 15 is 0 Å². The zero-order chi connectivity index (χ0) is 71.0. The zero-order valence-corrected chi connectivity index (χ0v) is 62.6. The Labute approximate surface area is 599 Å². The number of benzene rings is 12. The molecule has 6 heterocycles. The topological polar surface area (TPSA) is 26.9 Å². The molecular formula is C98H91N3O. The number of nitrogens with zero attached hydrogens (tertiary/aromatic N) is 3. The summed E-state index contributed by atoms with van der Waals surface area (Å²) < 4.78 is 14.8. The number of para-hydroxylation sites is 2. The van der Waals surface area contributed by atoms with E-state index in [9.17, 15) is 0 Å². The molecule has 0 unspecified atom stereocenters. The first-order valence-electron chi connectivity index (χ1n) is 36.9. The van der Waals surface area contributed by atoms with E-state index in [1.54, 1.807) is 0 Å². The Balaban J connectivity index is 1.00. The Morgan fingerprint density at radius 3 is 1.16 bits per heavy atom. The molecule has 0 bridgehead atoms. The van der Waals surface area contributed by atoms with Crippen LogP contribution < -0.4 is 0 Å². The molecule has 504 valence electrons. The smallest absolute Gasteiger partial charge is 0.213 e. The van der Waals surface area contributed by atoms with Crippen LogP contribution in [0.5, 0.6) is 0 Å². The van der Waals surface area contributed by atoms with Gasteiger partial charge in [-0.05, 0) is 201 Å². The van der Waals surface area contributed by atoms with Crippen LogP contribution in [-0.2, 0) is 32.5 Å². The summed E-state index contributed by atoms with van der Waals surface area (Å²) in [6.07, 6.45) is 0. The summed E-state index contributed by atoms with van der Waals surface area (Å²) in [6, 6.07) is 87.3. The van der Waals surface area contributed by atoms with Gasteiger partial charge in [0.05, 0.1) is 44.0 Å². The predicted octanol–water partition coefficient (Wildman–Crippen LogP) is 28.0. The van der Waals surface area contributed by atoms with E-state index in [0.29, 0.717) is 0 Å². The molecule has 0 saturated heterocycles. The molecule has 0 aliphatic rings. The molecular weight excluding hydrogens is 1240 g/mol. The van der Waals surface area contributed by atoms with Gasteiger partial charge in [-0.1, -0.05) is 264 Å². The van der Waals surface area contributed by atoms with Crippen molar-refractivity contribution < 1.29 is 4.42 Å². The summed E-state index contributed by atoms with van der Waals surface area (Å²) in [6.45, 7) is 42.4. The lowest BCUT2D eigenvalue weighted by molar-refractivity contribution is 0.568. The summed E-state index contributed by atoms with van der Waals surface area (Å²) in [5.41, 5.74) is 30.9. The average molecular weight is 1330 g/mol. The van der Waals surface area contributed by atoms with E-state index in [-0.39, 0.29) is 32.5 Å². The molecule has 12 aromatic carbocycles. The van der Waals surface area contributed by atoms with Crippen LogP contribution in [-0.4, -0.2) is 13.4 Å². The van der Waals surface area contributed by atoms with Crippen molar-refractivity contribution in [3.05, 3.63) is 258 Å². The fourth-order valence-electron chi connectivity index (χ4n) is 16.7. The van der Waals surface area contributed by atoms with Gasteiger partial charge in [-0.3, -0.25) is 4.40 Å². The molecule has 0 N–H and O–H groups in total. The first kappa shape index (κ1) is 63.7. The van der Waals surface area contributed by atoms with Crippen LogP contribution in [0.2, 0.25) is 0 Å². The van der Waals surface area contributed by atoms with Crippen LogP contribution in [0.4, 0.5) is 0 Å². The summed E-state index contributed by atoms with van der Waals surface area (Å²) in [5, 5.41) is 13.3. The lowest BCUT2D eigenvalue weighted by atomic mass is 9.78. The standard InChI is InChI=1S/C98H91N3O/c1-93(2,3)65-37-59(38-66(51-65)94(4,5)6)62-45-74(58-35-36-84-75(44-58)72-31-22-24-33-83(72)99(84)71-30-26-29-57(43-71)56-27-20-19-21-28-56)89-80(48-62)81-49-63(60-39-67(95(7,8)9)52-68(40-60)96(10,11)12)46-78-76-55-86-77(54-85(76)100(89)90(78)81)79-47-64(61-41-69(97(13,14)15)53-70(42-61)98(16,17)18)50-82-88-73-32-23-25-34-87(73)102-92(88)101(86)91(79)82/h19-55H,1-18H3. The molecule has 4 heteroatoms. The highest BCUT2D eigenvalue weighted by Gasteiger charge is 2.31. The largest absolute Gasteiger partial charge is 0.439 e. The molecule has 6 aromatic heterocycles. The Bertz CT molecular complexity index is 6430. The van der Waals surface area contributed by atoms with Crippen molar-refractivity contribution in [1.82, 2.24) is 13.4 Å². The number of rotatable bonds is 6. The predicted molar refractivity (Wildman–Crippen MR) is 439 cm³/mol. The molecule has 18 rings (SSSR count). The monoisotopic (exact) mass is 1330 g/mol. The van der Waals surface area contributed by atoms with Crippen molar-refractivity contribution in [2.24, 2.45) is 0 Å². The maximum absolute atomic E-state index is 7.19. The molecule has 0 aliphatic heterocycles. The Kier molecular flexibility index (Phi) is 13.5. The molecule has 4 nitrogen and oxygen atoms in total. The third kappa shape index (κ3) is 9.89. The maximum Gasteiger partial charge on any atom is 0.213 e. The average Bonchev–Trinajstić information content (AvgIpc) is 1.51. The fraction of sp³-hybridized carbons (Fsp3) is 0.245. The lowest BCUT2D eigenvalue weighted by Gasteiger charge is -2.26. The maximum atomic E-state index is 7.19. The minimum atomic E-state index is -0.0884. The number of aromatic nitrogens is 3. The molecule has 18 aromatic rings. The van der Waals surface area contributed by atoms with Crippen molar-refractivity contribution in [1.29, 1.82) is 0 Å². The zero-order valence-electron chi connectivity index (χ0n) is 62.6. The molecule has 0 fully saturated rings. The lowest BCUT2D eigenvalue weighted by Crippen LogP contribution is -2.16. The van der Waals surface area contributed by atoms with Gasteiger partial charge in [0.15, 0.2) is 0 Å². The highest BCUT2D eigenvalue weighted by atomic mass is 16.3. The minimum Gasteiger partial charge on any atom is -0.439 e. The summed E-state index contributed by atoms with van der Waals surface area (Å²) >= 11 is 0. The Hall–Kier alpha value is -10.4. The quantitative estimate of drug-likeness (QED) is 0.163. The minimum absolute atomic E-state index is 0.0587. The van der Waals surface area contributed by atoms with Crippen LogP contribution in [0, 0.1) is 0 Å². The van der Waals surface area contributed by atoms with E-state index in [1.165, 1.54) is 171 Å². The molecule has 0 atom stereocenters. The van der Waals surface area contributed by atoms with E-state index in [2.05, 4.69) is 362 Å². The van der Waals surface area contributed by atoms with Gasteiger partial charge < -0.3 is 13.4 Å². The van der Waals surface area contributed by atoms with Gasteiger partial charge in [-0.15, -0.1) is 0 Å².